The monoisotopic (exact) mass is 291 g/mol. The van der Waals surface area contributed by atoms with Crippen molar-refractivity contribution in [3.63, 3.8) is 0 Å². The molecule has 0 radical (unpaired) electrons. The first-order valence-electron chi connectivity index (χ1n) is 5.87. The van der Waals surface area contributed by atoms with Gasteiger partial charge in [-0.3, -0.25) is 4.79 Å². The number of fused-ring (bicyclic) bond motifs is 1. The molecule has 0 fully saturated rings. The third-order valence-corrected chi connectivity index (χ3v) is 4.89. The number of nitrogens with one attached hydrogen (secondary N) is 1. The van der Waals surface area contributed by atoms with Crippen LogP contribution in [0.4, 0.5) is 10.9 Å². The zero-order valence-corrected chi connectivity index (χ0v) is 12.0. The molecule has 98 valence electrons. The highest BCUT2D eigenvalue weighted by Gasteiger charge is 2.29. The first-order chi connectivity index (χ1) is 9.17. The van der Waals surface area contributed by atoms with Gasteiger partial charge in [0.2, 0.25) is 5.91 Å². The number of nitrogens with two attached hydrogens (primary N) is 1. The highest BCUT2D eigenvalue weighted by atomic mass is 32.2. The van der Waals surface area contributed by atoms with Crippen molar-refractivity contribution in [1.29, 1.82) is 0 Å². The van der Waals surface area contributed by atoms with Crippen molar-refractivity contribution in [3.05, 3.63) is 34.7 Å². The Morgan fingerprint density at radius 3 is 2.84 bits per heavy atom. The molecule has 0 saturated carbocycles. The lowest BCUT2D eigenvalue weighted by molar-refractivity contribution is -0.116. The maximum absolute atomic E-state index is 11.8. The standard InChI is InChI=1S/C13H13N3OS2/c1-18-8-4-2-7(3-5-8)9-6-10(17)15-12-11(9)19-13(14)16-12/h2-5,9H,6H2,1H3,(H2,14,16)(H,15,17)/t9-/m0/s1. The van der Waals surface area contributed by atoms with E-state index >= 15 is 0 Å². The van der Waals surface area contributed by atoms with Crippen LogP contribution in [0.5, 0.6) is 0 Å². The van der Waals surface area contributed by atoms with Gasteiger partial charge in [-0.25, -0.2) is 4.98 Å². The number of amides is 1. The van der Waals surface area contributed by atoms with Gasteiger partial charge in [-0.05, 0) is 24.0 Å². The molecule has 1 aliphatic rings. The second-order valence-corrected chi connectivity index (χ2v) is 6.28. The molecule has 0 spiro atoms. The first kappa shape index (κ1) is 12.5. The minimum absolute atomic E-state index is 0.00302. The molecule has 3 rings (SSSR count). The van der Waals surface area contributed by atoms with Crippen molar-refractivity contribution >= 4 is 40.0 Å². The molecule has 0 unspecified atom stereocenters. The third kappa shape index (κ3) is 2.33. The summed E-state index contributed by atoms with van der Waals surface area (Å²) in [7, 11) is 0. The number of nitrogen functional groups attached to an aromatic ring is 1. The molecule has 0 aliphatic carbocycles. The van der Waals surface area contributed by atoms with Crippen LogP contribution in [-0.4, -0.2) is 17.1 Å². The zero-order valence-electron chi connectivity index (χ0n) is 10.3. The molecular formula is C13H13N3OS2. The lowest BCUT2D eigenvalue weighted by atomic mass is 9.92. The number of hydrogen-bond acceptors (Lipinski definition) is 5. The van der Waals surface area contributed by atoms with Crippen molar-refractivity contribution in [3.8, 4) is 0 Å². The zero-order chi connectivity index (χ0) is 13.4. The van der Waals surface area contributed by atoms with E-state index in [4.69, 9.17) is 5.73 Å². The summed E-state index contributed by atoms with van der Waals surface area (Å²) in [6, 6.07) is 8.32. The van der Waals surface area contributed by atoms with Crippen LogP contribution in [0.25, 0.3) is 0 Å². The summed E-state index contributed by atoms with van der Waals surface area (Å²) in [6.45, 7) is 0. The molecule has 1 atom stereocenters. The number of rotatable bonds is 2. The fraction of sp³-hybridized carbons (Fsp3) is 0.231. The van der Waals surface area contributed by atoms with Crippen LogP contribution in [0.1, 0.15) is 22.8 Å². The second-order valence-electron chi connectivity index (χ2n) is 4.34. The van der Waals surface area contributed by atoms with E-state index in [1.807, 2.05) is 6.26 Å². The van der Waals surface area contributed by atoms with Crippen LogP contribution in [0, 0.1) is 0 Å². The van der Waals surface area contributed by atoms with Gasteiger partial charge < -0.3 is 11.1 Å². The van der Waals surface area contributed by atoms with Crippen molar-refractivity contribution in [1.82, 2.24) is 4.98 Å². The number of thiazole rings is 1. The smallest absolute Gasteiger partial charge is 0.226 e. The van der Waals surface area contributed by atoms with Gasteiger partial charge in [0.15, 0.2) is 5.13 Å². The Labute approximate surface area is 119 Å². The van der Waals surface area contributed by atoms with Crippen LogP contribution in [-0.2, 0) is 4.79 Å². The van der Waals surface area contributed by atoms with E-state index in [1.165, 1.54) is 16.2 Å². The Bertz CT molecular complexity index is 621. The van der Waals surface area contributed by atoms with Gasteiger partial charge in [0.05, 0.1) is 4.88 Å². The van der Waals surface area contributed by atoms with E-state index in [0.29, 0.717) is 17.4 Å². The normalized spacial score (nSPS) is 17.9. The summed E-state index contributed by atoms with van der Waals surface area (Å²) >= 11 is 3.16. The fourth-order valence-electron chi connectivity index (χ4n) is 2.24. The summed E-state index contributed by atoms with van der Waals surface area (Å²) in [4.78, 5) is 18.2. The molecule has 2 heterocycles. The largest absolute Gasteiger partial charge is 0.375 e. The Hall–Kier alpha value is -1.53. The Kier molecular flexibility index (Phi) is 3.20. The van der Waals surface area contributed by atoms with Crippen molar-refractivity contribution in [2.45, 2.75) is 17.2 Å². The predicted octanol–water partition coefficient (Wildman–Crippen LogP) is 2.92. The maximum atomic E-state index is 11.8. The van der Waals surface area contributed by atoms with E-state index < -0.39 is 0 Å². The third-order valence-electron chi connectivity index (χ3n) is 3.15. The van der Waals surface area contributed by atoms with Gasteiger partial charge in [0, 0.05) is 17.2 Å². The van der Waals surface area contributed by atoms with Crippen molar-refractivity contribution in [2.24, 2.45) is 0 Å². The number of carbonyl (C=O) groups excluding carboxylic acids is 1. The molecule has 1 amide bonds. The predicted molar refractivity (Wildman–Crippen MR) is 79.8 cm³/mol. The lowest BCUT2D eigenvalue weighted by Crippen LogP contribution is -2.22. The number of nitrogens with zero attached hydrogens (tertiary/aromatic N) is 1. The molecule has 0 bridgehead atoms. The molecule has 1 aromatic carbocycles. The van der Waals surface area contributed by atoms with Crippen molar-refractivity contribution in [2.75, 3.05) is 17.3 Å². The molecule has 0 saturated heterocycles. The summed E-state index contributed by atoms with van der Waals surface area (Å²) in [5.74, 6) is 0.684. The number of benzene rings is 1. The summed E-state index contributed by atoms with van der Waals surface area (Å²) < 4.78 is 0. The average Bonchev–Trinajstić information content (AvgIpc) is 2.78. The van der Waals surface area contributed by atoms with Crippen LogP contribution in [0.15, 0.2) is 29.2 Å². The molecule has 3 N–H and O–H groups in total. The number of carbonyl (C=O) groups is 1. The Morgan fingerprint density at radius 1 is 1.42 bits per heavy atom. The molecule has 2 aromatic rings. The van der Waals surface area contributed by atoms with Crippen LogP contribution >= 0.6 is 23.1 Å². The minimum Gasteiger partial charge on any atom is -0.375 e. The molecular weight excluding hydrogens is 278 g/mol. The van der Waals surface area contributed by atoms with Crippen LogP contribution in [0.2, 0.25) is 0 Å². The van der Waals surface area contributed by atoms with Crippen molar-refractivity contribution < 1.29 is 4.79 Å². The number of hydrogen-bond donors (Lipinski definition) is 2. The van der Waals surface area contributed by atoms with Gasteiger partial charge in [-0.1, -0.05) is 23.5 Å². The highest BCUT2D eigenvalue weighted by Crippen LogP contribution is 2.41. The topological polar surface area (TPSA) is 68.0 Å². The van der Waals surface area contributed by atoms with E-state index in [0.717, 1.165) is 10.4 Å². The second kappa shape index (κ2) is 4.86. The first-order valence-corrected chi connectivity index (χ1v) is 7.91. The van der Waals surface area contributed by atoms with E-state index in [9.17, 15) is 4.79 Å². The molecule has 6 heteroatoms. The highest BCUT2D eigenvalue weighted by molar-refractivity contribution is 7.98. The van der Waals surface area contributed by atoms with Gasteiger partial charge in [-0.15, -0.1) is 11.8 Å². The minimum atomic E-state index is -0.00302. The summed E-state index contributed by atoms with van der Waals surface area (Å²) in [6.07, 6.45) is 2.50. The molecule has 19 heavy (non-hydrogen) atoms. The van der Waals surface area contributed by atoms with E-state index in [2.05, 4.69) is 34.6 Å². The SMILES string of the molecule is CSc1ccc([C@@H]2CC(=O)Nc3nc(N)sc32)cc1. The van der Waals surface area contributed by atoms with Gasteiger partial charge >= 0.3 is 0 Å². The van der Waals surface area contributed by atoms with Crippen LogP contribution in [0.3, 0.4) is 0 Å². The Balaban J connectivity index is 2.01. The number of aromatic nitrogens is 1. The number of thioether (sulfide) groups is 1. The van der Waals surface area contributed by atoms with Gasteiger partial charge in [0.25, 0.3) is 0 Å². The van der Waals surface area contributed by atoms with E-state index in [1.54, 1.807) is 11.8 Å². The van der Waals surface area contributed by atoms with Gasteiger partial charge in [-0.2, -0.15) is 0 Å². The maximum Gasteiger partial charge on any atom is 0.226 e. The molecule has 4 nitrogen and oxygen atoms in total. The molecule has 1 aliphatic heterocycles. The van der Waals surface area contributed by atoms with E-state index in [-0.39, 0.29) is 11.8 Å². The number of anilines is 2. The summed E-state index contributed by atoms with van der Waals surface area (Å²) in [5.41, 5.74) is 6.88. The lowest BCUT2D eigenvalue weighted by Gasteiger charge is -2.21. The average molecular weight is 291 g/mol. The van der Waals surface area contributed by atoms with Crippen LogP contribution < -0.4 is 11.1 Å². The molecule has 1 aromatic heterocycles. The Morgan fingerprint density at radius 2 is 2.16 bits per heavy atom. The van der Waals surface area contributed by atoms with Gasteiger partial charge in [0.1, 0.15) is 5.82 Å². The fourth-order valence-corrected chi connectivity index (χ4v) is 3.57. The quantitative estimate of drug-likeness (QED) is 0.835. The summed E-state index contributed by atoms with van der Waals surface area (Å²) in [5, 5.41) is 3.28.